The predicted molar refractivity (Wildman–Crippen MR) is 95.6 cm³/mol. The summed E-state index contributed by atoms with van der Waals surface area (Å²) in [7, 11) is 1.68. The molecule has 1 N–H and O–H groups in total. The van der Waals surface area contributed by atoms with Crippen LogP contribution in [0.2, 0.25) is 0 Å². The number of rotatable bonds is 6. The molecule has 0 radical (unpaired) electrons. The van der Waals surface area contributed by atoms with Crippen molar-refractivity contribution in [2.45, 2.75) is 54.6 Å². The smallest absolute Gasteiger partial charge is 0.0932 e. The Morgan fingerprint density at radius 3 is 2.17 bits per heavy atom. The average Bonchev–Trinajstić information content (AvgIpc) is 2.52. The van der Waals surface area contributed by atoms with Gasteiger partial charge in [-0.15, -0.1) is 11.8 Å². The first-order valence-corrected chi connectivity index (χ1v) is 9.95. The van der Waals surface area contributed by atoms with Gasteiger partial charge in [0.25, 0.3) is 0 Å². The number of thioether (sulfide) groups is 1. The number of hydrogen-bond donors (Lipinski definition) is 1. The lowest BCUT2D eigenvalue weighted by atomic mass is 9.56. The molecule has 0 aromatic heterocycles. The van der Waals surface area contributed by atoms with Gasteiger partial charge in [-0.3, -0.25) is 0 Å². The van der Waals surface area contributed by atoms with Gasteiger partial charge >= 0.3 is 0 Å². The Hall–Kier alpha value is -0.510. The summed E-state index contributed by atoms with van der Waals surface area (Å²) < 4.78 is 5.67. The van der Waals surface area contributed by atoms with E-state index in [9.17, 15) is 5.11 Å². The molecule has 4 bridgehead atoms. The van der Waals surface area contributed by atoms with Crippen molar-refractivity contribution < 1.29 is 9.84 Å². The maximum Gasteiger partial charge on any atom is 0.0932 e. The number of aliphatic hydroxyl groups excluding tert-OH is 1. The van der Waals surface area contributed by atoms with Crippen LogP contribution in [0.1, 0.15) is 49.3 Å². The van der Waals surface area contributed by atoms with Crippen LogP contribution < -0.4 is 0 Å². The SMILES string of the molecule is COC[C@H](O)[C@H](SC12CC3CC(CC(C3)C1)C2)c1ccccc1. The van der Waals surface area contributed by atoms with Crippen molar-refractivity contribution in [3.8, 4) is 0 Å². The highest BCUT2D eigenvalue weighted by atomic mass is 32.2. The van der Waals surface area contributed by atoms with Gasteiger partial charge in [0.05, 0.1) is 18.0 Å². The highest BCUT2D eigenvalue weighted by molar-refractivity contribution is 8.00. The zero-order valence-electron chi connectivity index (χ0n) is 14.0. The summed E-state index contributed by atoms with van der Waals surface area (Å²) in [6.45, 7) is 0.416. The van der Waals surface area contributed by atoms with Crippen LogP contribution in [0.15, 0.2) is 30.3 Å². The van der Waals surface area contributed by atoms with Gasteiger partial charge in [-0.2, -0.15) is 0 Å². The summed E-state index contributed by atoms with van der Waals surface area (Å²) in [6.07, 6.45) is 8.08. The van der Waals surface area contributed by atoms with E-state index in [0.29, 0.717) is 11.4 Å². The normalized spacial score (nSPS) is 37.7. The fourth-order valence-corrected chi connectivity index (χ4v) is 7.78. The molecule has 3 heteroatoms. The Morgan fingerprint density at radius 1 is 1.09 bits per heavy atom. The molecule has 0 unspecified atom stereocenters. The van der Waals surface area contributed by atoms with Gasteiger partial charge in [-0.25, -0.2) is 0 Å². The molecule has 4 aliphatic rings. The molecule has 4 aliphatic carbocycles. The van der Waals surface area contributed by atoms with Crippen molar-refractivity contribution in [3.63, 3.8) is 0 Å². The first kappa shape index (κ1) is 16.0. The Bertz CT molecular complexity index is 494. The molecule has 0 spiro atoms. The number of aliphatic hydroxyl groups is 1. The Balaban J connectivity index is 1.58. The largest absolute Gasteiger partial charge is 0.389 e. The molecule has 0 heterocycles. The second kappa shape index (κ2) is 6.42. The summed E-state index contributed by atoms with van der Waals surface area (Å²) in [5.74, 6) is 2.85. The lowest BCUT2D eigenvalue weighted by Crippen LogP contribution is -2.49. The van der Waals surface area contributed by atoms with Gasteiger partial charge in [0, 0.05) is 11.9 Å². The number of methoxy groups -OCH3 is 1. The maximum absolute atomic E-state index is 10.7. The topological polar surface area (TPSA) is 29.5 Å². The average molecular weight is 333 g/mol. The highest BCUT2D eigenvalue weighted by Crippen LogP contribution is 2.63. The van der Waals surface area contributed by atoms with Gasteiger partial charge < -0.3 is 9.84 Å². The third kappa shape index (κ3) is 3.20. The molecular weight excluding hydrogens is 304 g/mol. The Morgan fingerprint density at radius 2 is 1.65 bits per heavy atom. The van der Waals surface area contributed by atoms with Crippen LogP contribution in [0.5, 0.6) is 0 Å². The van der Waals surface area contributed by atoms with Crippen molar-refractivity contribution in [1.29, 1.82) is 0 Å². The fraction of sp³-hybridized carbons (Fsp3) is 0.700. The van der Waals surface area contributed by atoms with Crippen LogP contribution in [0.3, 0.4) is 0 Å². The van der Waals surface area contributed by atoms with E-state index in [-0.39, 0.29) is 5.25 Å². The molecule has 0 amide bonds. The summed E-state index contributed by atoms with van der Waals surface area (Å²) in [5, 5.41) is 10.9. The van der Waals surface area contributed by atoms with Crippen LogP contribution >= 0.6 is 11.8 Å². The van der Waals surface area contributed by atoms with Gasteiger partial charge in [0.2, 0.25) is 0 Å². The minimum Gasteiger partial charge on any atom is -0.389 e. The summed E-state index contributed by atoms with van der Waals surface area (Å²) in [4.78, 5) is 0. The summed E-state index contributed by atoms with van der Waals surface area (Å²) in [5.41, 5.74) is 1.25. The monoisotopic (exact) mass is 332 g/mol. The van der Waals surface area contributed by atoms with Gasteiger partial charge in [0.15, 0.2) is 0 Å². The third-order valence-electron chi connectivity index (χ3n) is 6.17. The zero-order valence-corrected chi connectivity index (χ0v) is 14.8. The van der Waals surface area contributed by atoms with E-state index in [4.69, 9.17) is 4.74 Å². The first-order valence-electron chi connectivity index (χ1n) is 9.07. The standard InChI is InChI=1S/C20H28O2S/c1-22-13-18(21)19(17-5-3-2-4-6-17)23-20-10-14-7-15(11-20)9-16(8-14)12-20/h2-6,14-16,18-19,21H,7-13H2,1H3/t14?,15?,16?,18-,19+,20?/m0/s1. The molecule has 0 aliphatic heterocycles. The minimum absolute atomic E-state index is 0.132. The quantitative estimate of drug-likeness (QED) is 0.835. The van der Waals surface area contributed by atoms with Gasteiger partial charge in [-0.05, 0) is 61.8 Å². The fourth-order valence-electron chi connectivity index (χ4n) is 5.71. The second-order valence-electron chi connectivity index (χ2n) is 8.07. The predicted octanol–water partition coefficient (Wildman–Crippen LogP) is 4.44. The van der Waals surface area contributed by atoms with Crippen molar-refractivity contribution in [1.82, 2.24) is 0 Å². The molecule has 1 aromatic carbocycles. The highest BCUT2D eigenvalue weighted by Gasteiger charge is 2.52. The molecule has 2 atom stereocenters. The Labute approximate surface area is 144 Å². The van der Waals surface area contributed by atoms with Gasteiger partial charge in [-0.1, -0.05) is 30.3 Å². The molecule has 23 heavy (non-hydrogen) atoms. The second-order valence-corrected chi connectivity index (χ2v) is 9.68. The third-order valence-corrected chi connectivity index (χ3v) is 8.01. The lowest BCUT2D eigenvalue weighted by molar-refractivity contribution is 0.0354. The van der Waals surface area contributed by atoms with Crippen LogP contribution in [-0.2, 0) is 4.74 Å². The zero-order chi connectivity index (χ0) is 15.9. The summed E-state index contributed by atoms with van der Waals surface area (Å²) >= 11 is 2.07. The Kier molecular flexibility index (Phi) is 4.46. The number of hydrogen-bond acceptors (Lipinski definition) is 3. The maximum atomic E-state index is 10.7. The van der Waals surface area contributed by atoms with Gasteiger partial charge in [0.1, 0.15) is 0 Å². The van der Waals surface area contributed by atoms with E-state index in [1.807, 2.05) is 0 Å². The van der Waals surface area contributed by atoms with Crippen LogP contribution in [0.4, 0.5) is 0 Å². The van der Waals surface area contributed by atoms with E-state index in [0.717, 1.165) is 17.8 Å². The van der Waals surface area contributed by atoms with E-state index in [2.05, 4.69) is 42.1 Å². The first-order chi connectivity index (χ1) is 11.2. The molecular formula is C20H28O2S. The molecule has 4 fully saturated rings. The number of ether oxygens (including phenoxy) is 1. The molecule has 2 nitrogen and oxygen atoms in total. The molecule has 4 saturated carbocycles. The minimum atomic E-state index is -0.430. The number of benzene rings is 1. The molecule has 5 rings (SSSR count). The van der Waals surface area contributed by atoms with E-state index in [1.54, 1.807) is 7.11 Å². The molecule has 126 valence electrons. The lowest BCUT2D eigenvalue weighted by Gasteiger charge is -2.57. The van der Waals surface area contributed by atoms with E-state index in [1.165, 1.54) is 44.1 Å². The molecule has 1 aromatic rings. The summed E-state index contributed by atoms with van der Waals surface area (Å²) in [6, 6.07) is 10.6. The van der Waals surface area contributed by atoms with Crippen LogP contribution in [-0.4, -0.2) is 29.7 Å². The molecule has 0 saturated heterocycles. The van der Waals surface area contributed by atoms with Crippen LogP contribution in [0, 0.1) is 17.8 Å². The van der Waals surface area contributed by atoms with E-state index < -0.39 is 6.10 Å². The van der Waals surface area contributed by atoms with Crippen molar-refractivity contribution >= 4 is 11.8 Å². The van der Waals surface area contributed by atoms with Crippen molar-refractivity contribution in [3.05, 3.63) is 35.9 Å². The van der Waals surface area contributed by atoms with Crippen molar-refractivity contribution in [2.75, 3.05) is 13.7 Å². The van der Waals surface area contributed by atoms with Crippen LogP contribution in [0.25, 0.3) is 0 Å². The van der Waals surface area contributed by atoms with E-state index >= 15 is 0 Å². The van der Waals surface area contributed by atoms with Crippen molar-refractivity contribution in [2.24, 2.45) is 17.8 Å².